The molecule has 0 bridgehead atoms. The van der Waals surface area contributed by atoms with Gasteiger partial charge in [-0.1, -0.05) is 23.8 Å². The molecule has 3 heterocycles. The highest BCUT2D eigenvalue weighted by atomic mass is 32.1. The second-order valence-corrected chi connectivity index (χ2v) is 7.91. The lowest BCUT2D eigenvalue weighted by atomic mass is 10.1. The lowest BCUT2D eigenvalue weighted by Gasteiger charge is -2.36. The van der Waals surface area contributed by atoms with Crippen molar-refractivity contribution in [1.29, 1.82) is 0 Å². The summed E-state index contributed by atoms with van der Waals surface area (Å²) in [6, 6.07) is 12.7. The molecule has 6 heteroatoms. The number of hydrogen-bond acceptors (Lipinski definition) is 6. The van der Waals surface area contributed by atoms with Crippen LogP contribution in [0, 0.1) is 6.92 Å². The topological polar surface area (TPSA) is 45.4 Å². The number of piperazine rings is 1. The summed E-state index contributed by atoms with van der Waals surface area (Å²) >= 11 is 1.83. The van der Waals surface area contributed by atoms with Gasteiger partial charge in [0, 0.05) is 43.2 Å². The molecule has 1 unspecified atom stereocenters. The standard InChI is InChI=1S/C20H24N4OS/c1-15-5-7-17(8-6-15)20-22-21-19(25-20)16(2)24-11-9-23(10-12-24)14-18-4-3-13-26-18/h3-8,13,16H,9-12,14H2,1-2H3. The molecule has 1 fully saturated rings. The van der Waals surface area contributed by atoms with Crippen molar-refractivity contribution in [3.8, 4) is 11.5 Å². The number of hydrogen-bond donors (Lipinski definition) is 0. The van der Waals surface area contributed by atoms with Crippen LogP contribution >= 0.6 is 11.3 Å². The van der Waals surface area contributed by atoms with Crippen molar-refractivity contribution in [2.24, 2.45) is 0 Å². The highest BCUT2D eigenvalue weighted by Gasteiger charge is 2.26. The van der Waals surface area contributed by atoms with Gasteiger partial charge in [-0.05, 0) is 37.4 Å². The molecular formula is C20H24N4OS. The van der Waals surface area contributed by atoms with Crippen LogP contribution in [0.4, 0.5) is 0 Å². The zero-order valence-corrected chi connectivity index (χ0v) is 16.1. The number of nitrogens with zero attached hydrogens (tertiary/aromatic N) is 4. The molecule has 26 heavy (non-hydrogen) atoms. The fraction of sp³-hybridized carbons (Fsp3) is 0.400. The van der Waals surface area contributed by atoms with E-state index < -0.39 is 0 Å². The summed E-state index contributed by atoms with van der Waals surface area (Å²) < 4.78 is 5.96. The maximum Gasteiger partial charge on any atom is 0.247 e. The van der Waals surface area contributed by atoms with E-state index in [0.29, 0.717) is 11.8 Å². The summed E-state index contributed by atoms with van der Waals surface area (Å²) in [5.41, 5.74) is 2.20. The van der Waals surface area contributed by atoms with Crippen molar-refractivity contribution in [1.82, 2.24) is 20.0 Å². The number of thiophene rings is 1. The second kappa shape index (κ2) is 7.70. The molecule has 1 saturated heterocycles. The summed E-state index contributed by atoms with van der Waals surface area (Å²) in [7, 11) is 0. The van der Waals surface area contributed by atoms with Crippen LogP contribution in [0.2, 0.25) is 0 Å². The third-order valence-electron chi connectivity index (χ3n) is 5.01. The van der Waals surface area contributed by atoms with Gasteiger partial charge in [-0.2, -0.15) is 0 Å². The summed E-state index contributed by atoms with van der Waals surface area (Å²) in [4.78, 5) is 6.38. The van der Waals surface area contributed by atoms with Gasteiger partial charge in [0.2, 0.25) is 11.8 Å². The van der Waals surface area contributed by atoms with E-state index in [2.05, 4.69) is 63.5 Å². The van der Waals surface area contributed by atoms with Crippen molar-refractivity contribution < 1.29 is 4.42 Å². The van der Waals surface area contributed by atoms with Crippen LogP contribution in [0.25, 0.3) is 11.5 Å². The molecule has 0 radical (unpaired) electrons. The van der Waals surface area contributed by atoms with Crippen LogP contribution in [0.15, 0.2) is 46.2 Å². The fourth-order valence-electron chi connectivity index (χ4n) is 3.30. The van der Waals surface area contributed by atoms with Crippen LogP contribution in [0.5, 0.6) is 0 Å². The predicted octanol–water partition coefficient (Wildman–Crippen LogP) is 3.99. The van der Waals surface area contributed by atoms with E-state index >= 15 is 0 Å². The summed E-state index contributed by atoms with van der Waals surface area (Å²) in [6.07, 6.45) is 0. The Morgan fingerprint density at radius 2 is 1.85 bits per heavy atom. The zero-order chi connectivity index (χ0) is 17.9. The lowest BCUT2D eigenvalue weighted by molar-refractivity contribution is 0.0881. The SMILES string of the molecule is Cc1ccc(-c2nnc(C(C)N3CCN(Cc4cccs4)CC3)o2)cc1. The van der Waals surface area contributed by atoms with E-state index in [1.807, 2.05) is 23.5 Å². The highest BCUT2D eigenvalue weighted by Crippen LogP contribution is 2.25. The molecule has 136 valence electrons. The lowest BCUT2D eigenvalue weighted by Crippen LogP contribution is -2.46. The Morgan fingerprint density at radius 3 is 2.54 bits per heavy atom. The zero-order valence-electron chi connectivity index (χ0n) is 15.3. The van der Waals surface area contributed by atoms with Gasteiger partial charge in [0.05, 0.1) is 6.04 Å². The Morgan fingerprint density at radius 1 is 1.08 bits per heavy atom. The third-order valence-corrected chi connectivity index (χ3v) is 5.87. The van der Waals surface area contributed by atoms with Gasteiger partial charge in [0.1, 0.15) is 0 Å². The molecule has 1 atom stereocenters. The number of aromatic nitrogens is 2. The van der Waals surface area contributed by atoms with Gasteiger partial charge in [-0.3, -0.25) is 9.80 Å². The van der Waals surface area contributed by atoms with Gasteiger partial charge in [0.15, 0.2) is 0 Å². The predicted molar refractivity (Wildman–Crippen MR) is 104 cm³/mol. The first-order chi connectivity index (χ1) is 12.7. The smallest absolute Gasteiger partial charge is 0.247 e. The Hall–Kier alpha value is -2.02. The molecule has 5 nitrogen and oxygen atoms in total. The molecule has 0 aliphatic carbocycles. The van der Waals surface area contributed by atoms with Crippen LogP contribution in [-0.4, -0.2) is 46.2 Å². The van der Waals surface area contributed by atoms with Crippen molar-refractivity contribution in [3.05, 3.63) is 58.1 Å². The van der Waals surface area contributed by atoms with E-state index in [9.17, 15) is 0 Å². The molecular weight excluding hydrogens is 344 g/mol. The molecule has 3 aromatic rings. The molecule has 0 N–H and O–H groups in total. The first-order valence-corrected chi connectivity index (χ1v) is 9.96. The third kappa shape index (κ3) is 3.87. The minimum Gasteiger partial charge on any atom is -0.419 e. The highest BCUT2D eigenvalue weighted by molar-refractivity contribution is 7.09. The van der Waals surface area contributed by atoms with E-state index in [0.717, 1.165) is 38.3 Å². The Bertz CT molecular complexity index is 820. The Labute approximate surface area is 158 Å². The van der Waals surface area contributed by atoms with E-state index in [4.69, 9.17) is 4.42 Å². The van der Waals surface area contributed by atoms with Gasteiger partial charge in [-0.25, -0.2) is 0 Å². The monoisotopic (exact) mass is 368 g/mol. The van der Waals surface area contributed by atoms with E-state index in [1.54, 1.807) is 0 Å². The number of aryl methyl sites for hydroxylation is 1. The number of benzene rings is 1. The maximum absolute atomic E-state index is 5.96. The van der Waals surface area contributed by atoms with Gasteiger partial charge < -0.3 is 4.42 Å². The molecule has 1 aliphatic heterocycles. The molecule has 1 aromatic carbocycles. The molecule has 0 spiro atoms. The van der Waals surface area contributed by atoms with Gasteiger partial charge in [-0.15, -0.1) is 21.5 Å². The van der Waals surface area contributed by atoms with Crippen LogP contribution in [0.1, 0.15) is 29.3 Å². The number of rotatable bonds is 5. The summed E-state index contributed by atoms with van der Waals surface area (Å²) in [5, 5.41) is 10.7. The average molecular weight is 369 g/mol. The summed E-state index contributed by atoms with van der Waals surface area (Å²) in [6.45, 7) is 9.47. The normalized spacial score (nSPS) is 17.5. The Kier molecular flexibility index (Phi) is 5.15. The van der Waals surface area contributed by atoms with Crippen molar-refractivity contribution in [2.45, 2.75) is 26.4 Å². The molecule has 4 rings (SSSR count). The van der Waals surface area contributed by atoms with Crippen LogP contribution < -0.4 is 0 Å². The van der Waals surface area contributed by atoms with Gasteiger partial charge >= 0.3 is 0 Å². The molecule has 1 aliphatic rings. The van der Waals surface area contributed by atoms with Crippen molar-refractivity contribution in [3.63, 3.8) is 0 Å². The largest absolute Gasteiger partial charge is 0.419 e. The first-order valence-electron chi connectivity index (χ1n) is 9.08. The summed E-state index contributed by atoms with van der Waals surface area (Å²) in [5.74, 6) is 1.30. The quantitative estimate of drug-likeness (QED) is 0.681. The molecule has 2 aromatic heterocycles. The van der Waals surface area contributed by atoms with Crippen LogP contribution in [-0.2, 0) is 6.54 Å². The molecule has 0 saturated carbocycles. The maximum atomic E-state index is 5.96. The second-order valence-electron chi connectivity index (χ2n) is 6.88. The minimum atomic E-state index is 0.144. The van der Waals surface area contributed by atoms with E-state index in [-0.39, 0.29) is 6.04 Å². The first kappa shape index (κ1) is 17.4. The Balaban J connectivity index is 1.36. The van der Waals surface area contributed by atoms with Crippen LogP contribution in [0.3, 0.4) is 0 Å². The van der Waals surface area contributed by atoms with Crippen molar-refractivity contribution in [2.75, 3.05) is 26.2 Å². The van der Waals surface area contributed by atoms with E-state index in [1.165, 1.54) is 10.4 Å². The van der Waals surface area contributed by atoms with Gasteiger partial charge in [0.25, 0.3) is 0 Å². The van der Waals surface area contributed by atoms with Crippen molar-refractivity contribution >= 4 is 11.3 Å². The minimum absolute atomic E-state index is 0.144. The molecule has 0 amide bonds. The average Bonchev–Trinajstić information content (AvgIpc) is 3.34. The fourth-order valence-corrected chi connectivity index (χ4v) is 4.05.